The minimum atomic E-state index is 0.145. The van der Waals surface area contributed by atoms with Gasteiger partial charge in [-0.2, -0.15) is 0 Å². The van der Waals surface area contributed by atoms with Crippen LogP contribution in [-0.2, 0) is 4.79 Å². The monoisotopic (exact) mass is 255 g/mol. The van der Waals surface area contributed by atoms with Crippen LogP contribution in [0.5, 0.6) is 0 Å². The molecule has 1 radical (unpaired) electrons. The second-order valence-corrected chi connectivity index (χ2v) is 3.41. The van der Waals surface area contributed by atoms with Crippen molar-refractivity contribution in [2.24, 2.45) is 0 Å². The van der Waals surface area contributed by atoms with E-state index in [9.17, 15) is 4.79 Å². The third kappa shape index (κ3) is 5.02. The van der Waals surface area contributed by atoms with Crippen LogP contribution < -0.4 is 0 Å². The van der Waals surface area contributed by atoms with Crippen LogP contribution in [0.4, 0.5) is 0 Å². The van der Waals surface area contributed by atoms with Crippen LogP contribution in [0.25, 0.3) is 0 Å². The molecule has 0 aromatic rings. The van der Waals surface area contributed by atoms with E-state index in [1.54, 1.807) is 0 Å². The van der Waals surface area contributed by atoms with E-state index in [2.05, 4.69) is 13.5 Å². The van der Waals surface area contributed by atoms with Gasteiger partial charge in [0, 0.05) is 0 Å². The molecule has 0 spiro atoms. The summed E-state index contributed by atoms with van der Waals surface area (Å²) in [5.41, 5.74) is 0.776. The van der Waals surface area contributed by atoms with Gasteiger partial charge in [-0.15, -0.1) is 0 Å². The van der Waals surface area contributed by atoms with E-state index in [0.717, 1.165) is 18.4 Å². The molecule has 0 saturated carbocycles. The van der Waals surface area contributed by atoms with Gasteiger partial charge in [0.05, 0.1) is 0 Å². The summed E-state index contributed by atoms with van der Waals surface area (Å²) in [6, 6.07) is 0. The summed E-state index contributed by atoms with van der Waals surface area (Å²) in [6.45, 7) is 5.83. The summed E-state index contributed by atoms with van der Waals surface area (Å²) in [4.78, 5) is 10.6. The summed E-state index contributed by atoms with van der Waals surface area (Å²) in [5, 5.41) is 0. The van der Waals surface area contributed by atoms with Gasteiger partial charge >= 0.3 is 75.7 Å². The van der Waals surface area contributed by atoms with Crippen molar-refractivity contribution in [2.75, 3.05) is 0 Å². The molecule has 0 aliphatic carbocycles. The standard InChI is InChI=1S/C8H13OTe/c1-3-4-5-6-7(2)8(9)10/h2-6H2,1H3. The average molecular weight is 253 g/mol. The molecule has 2 heteroatoms. The maximum absolute atomic E-state index is 10.6. The van der Waals surface area contributed by atoms with Crippen molar-refractivity contribution in [1.29, 1.82) is 0 Å². The van der Waals surface area contributed by atoms with Crippen LogP contribution in [0.15, 0.2) is 12.2 Å². The van der Waals surface area contributed by atoms with Crippen LogP contribution in [0, 0.1) is 0 Å². The molecule has 0 bridgehead atoms. The summed E-state index contributed by atoms with van der Waals surface area (Å²) in [5.74, 6) is 0. The Balaban J connectivity index is 3.31. The average Bonchev–Trinajstić information content (AvgIpc) is 1.88. The second kappa shape index (κ2) is 5.95. The van der Waals surface area contributed by atoms with Gasteiger partial charge in [0.2, 0.25) is 0 Å². The fourth-order valence-corrected chi connectivity index (χ4v) is 0.982. The van der Waals surface area contributed by atoms with Gasteiger partial charge in [-0.05, 0) is 0 Å². The van der Waals surface area contributed by atoms with Crippen molar-refractivity contribution in [3.63, 3.8) is 0 Å². The molecule has 0 unspecified atom stereocenters. The van der Waals surface area contributed by atoms with Crippen molar-refractivity contribution >= 4 is 26.1 Å². The van der Waals surface area contributed by atoms with E-state index in [1.165, 1.54) is 35.1 Å². The molecule has 57 valence electrons. The van der Waals surface area contributed by atoms with Crippen LogP contribution in [0.2, 0.25) is 0 Å². The Labute approximate surface area is 75.8 Å². The molecule has 0 aromatic carbocycles. The van der Waals surface area contributed by atoms with Crippen LogP contribution in [-0.4, -0.2) is 26.1 Å². The molecular weight excluding hydrogens is 240 g/mol. The van der Waals surface area contributed by atoms with E-state index < -0.39 is 0 Å². The van der Waals surface area contributed by atoms with E-state index in [4.69, 9.17) is 0 Å². The Hall–Kier alpha value is 0.200. The fraction of sp³-hybridized carbons (Fsp3) is 0.625. The first-order valence-electron chi connectivity index (χ1n) is 3.57. The van der Waals surface area contributed by atoms with Gasteiger partial charge in [0.1, 0.15) is 0 Å². The number of hydrogen-bond donors (Lipinski definition) is 0. The van der Waals surface area contributed by atoms with Crippen molar-refractivity contribution in [1.82, 2.24) is 0 Å². The summed E-state index contributed by atoms with van der Waals surface area (Å²) >= 11 is 1.51. The molecule has 10 heavy (non-hydrogen) atoms. The molecule has 0 heterocycles. The summed E-state index contributed by atoms with van der Waals surface area (Å²) in [6.07, 6.45) is 4.39. The number of hydrogen-bond acceptors (Lipinski definition) is 1. The number of allylic oxidation sites excluding steroid dienone is 1. The SMILES string of the molecule is C=C(CCCCC)C(=O)[Te]. The maximum atomic E-state index is 10.6. The number of unbranched alkanes of at least 4 members (excludes halogenated alkanes) is 2. The van der Waals surface area contributed by atoms with E-state index in [1.807, 2.05) is 0 Å². The zero-order valence-corrected chi connectivity index (χ0v) is 8.68. The third-order valence-electron chi connectivity index (χ3n) is 1.37. The predicted octanol–water partition coefficient (Wildman–Crippen LogP) is 1.82. The molecule has 0 saturated heterocycles. The molecule has 0 aromatic heterocycles. The number of carbonyl (C=O) groups is 1. The summed E-state index contributed by atoms with van der Waals surface area (Å²) in [7, 11) is 0. The Morgan fingerprint density at radius 2 is 2.10 bits per heavy atom. The molecule has 0 aliphatic rings. The Bertz CT molecular complexity index is 129. The molecule has 0 rings (SSSR count). The van der Waals surface area contributed by atoms with Crippen molar-refractivity contribution in [2.45, 2.75) is 32.6 Å². The zero-order valence-electron chi connectivity index (χ0n) is 6.35. The zero-order chi connectivity index (χ0) is 7.98. The van der Waals surface area contributed by atoms with E-state index in [-0.39, 0.29) is 3.83 Å². The van der Waals surface area contributed by atoms with E-state index in [0.29, 0.717) is 0 Å². The second-order valence-electron chi connectivity index (χ2n) is 2.35. The van der Waals surface area contributed by atoms with Gasteiger partial charge in [0.15, 0.2) is 0 Å². The Morgan fingerprint density at radius 1 is 1.50 bits per heavy atom. The molecular formula is C8H13OTe. The van der Waals surface area contributed by atoms with Crippen LogP contribution in [0.3, 0.4) is 0 Å². The summed E-state index contributed by atoms with van der Waals surface area (Å²) < 4.78 is 0.145. The van der Waals surface area contributed by atoms with Crippen LogP contribution >= 0.6 is 0 Å². The van der Waals surface area contributed by atoms with Gasteiger partial charge in [-0.1, -0.05) is 0 Å². The quantitative estimate of drug-likeness (QED) is 0.415. The topological polar surface area (TPSA) is 17.1 Å². The first kappa shape index (κ1) is 10.2. The Kier molecular flexibility index (Phi) is 6.06. The number of carbonyl (C=O) groups excluding carboxylic acids is 1. The number of rotatable bonds is 5. The van der Waals surface area contributed by atoms with Gasteiger partial charge < -0.3 is 0 Å². The van der Waals surface area contributed by atoms with Crippen molar-refractivity contribution in [3.05, 3.63) is 12.2 Å². The van der Waals surface area contributed by atoms with Gasteiger partial charge in [-0.25, -0.2) is 0 Å². The fourth-order valence-electron chi connectivity index (χ4n) is 0.690. The minimum absolute atomic E-state index is 0.145. The molecule has 0 amide bonds. The first-order chi connectivity index (χ1) is 4.68. The normalized spacial score (nSPS) is 9.30. The molecule has 0 fully saturated rings. The molecule has 0 aliphatic heterocycles. The van der Waals surface area contributed by atoms with Gasteiger partial charge in [-0.3, -0.25) is 0 Å². The van der Waals surface area contributed by atoms with Crippen molar-refractivity contribution < 1.29 is 4.79 Å². The third-order valence-corrected chi connectivity index (χ3v) is 2.19. The Morgan fingerprint density at radius 3 is 2.50 bits per heavy atom. The van der Waals surface area contributed by atoms with E-state index >= 15 is 0 Å². The van der Waals surface area contributed by atoms with Gasteiger partial charge in [0.25, 0.3) is 0 Å². The predicted molar refractivity (Wildman–Crippen MR) is 44.0 cm³/mol. The molecule has 1 nitrogen and oxygen atoms in total. The molecule has 0 N–H and O–H groups in total. The van der Waals surface area contributed by atoms with Crippen LogP contribution in [0.1, 0.15) is 32.6 Å². The molecule has 0 atom stereocenters. The first-order valence-corrected chi connectivity index (χ1v) is 4.74. The van der Waals surface area contributed by atoms with Crippen molar-refractivity contribution in [3.8, 4) is 0 Å².